The van der Waals surface area contributed by atoms with E-state index < -0.39 is 5.97 Å². The van der Waals surface area contributed by atoms with Gasteiger partial charge in [0.25, 0.3) is 0 Å². The van der Waals surface area contributed by atoms with Gasteiger partial charge in [0, 0.05) is 11.1 Å². The lowest BCUT2D eigenvalue weighted by molar-refractivity contribution is -0.136. The summed E-state index contributed by atoms with van der Waals surface area (Å²) in [6, 6.07) is 3.17. The van der Waals surface area contributed by atoms with Crippen molar-refractivity contribution < 1.29 is 19.4 Å². The fraction of sp³-hybridized carbons (Fsp3) is 0.417. The molecule has 0 unspecified atom stereocenters. The van der Waals surface area contributed by atoms with Crippen molar-refractivity contribution in [3.8, 4) is 11.5 Å². The van der Waals surface area contributed by atoms with Gasteiger partial charge in [0.2, 0.25) is 0 Å². The molecule has 0 fully saturated rings. The first-order valence-electron chi connectivity index (χ1n) is 5.19. The lowest BCUT2D eigenvalue weighted by Gasteiger charge is -2.15. The van der Waals surface area contributed by atoms with Gasteiger partial charge in [-0.1, -0.05) is 11.6 Å². The fourth-order valence-corrected chi connectivity index (χ4v) is 1.60. The summed E-state index contributed by atoms with van der Waals surface area (Å²) in [6.07, 6.45) is -0.167. The molecule has 1 aromatic rings. The maximum Gasteiger partial charge on any atom is 0.307 e. The van der Waals surface area contributed by atoms with Gasteiger partial charge in [0.05, 0.1) is 19.6 Å². The smallest absolute Gasteiger partial charge is 0.307 e. The third kappa shape index (κ3) is 3.82. The molecule has 0 heterocycles. The van der Waals surface area contributed by atoms with Crippen molar-refractivity contribution in [1.29, 1.82) is 0 Å². The summed E-state index contributed by atoms with van der Waals surface area (Å²) in [5, 5.41) is 9.12. The number of hydrogen-bond donors (Lipinski definition) is 1. The van der Waals surface area contributed by atoms with E-state index in [1.807, 2.05) is 13.8 Å². The first kappa shape index (κ1) is 13.6. The van der Waals surface area contributed by atoms with Crippen molar-refractivity contribution in [2.24, 2.45) is 0 Å². The minimum atomic E-state index is -0.937. The van der Waals surface area contributed by atoms with Gasteiger partial charge in [-0.15, -0.1) is 0 Å². The van der Waals surface area contributed by atoms with Gasteiger partial charge in [-0.05, 0) is 25.5 Å². The van der Waals surface area contributed by atoms with Crippen molar-refractivity contribution in [3.05, 3.63) is 22.7 Å². The van der Waals surface area contributed by atoms with E-state index in [-0.39, 0.29) is 12.5 Å². The molecule has 0 aliphatic heterocycles. The Morgan fingerprint density at radius 1 is 1.41 bits per heavy atom. The quantitative estimate of drug-likeness (QED) is 0.882. The van der Waals surface area contributed by atoms with Crippen LogP contribution in [0.25, 0.3) is 0 Å². The number of halogens is 1. The summed E-state index contributed by atoms with van der Waals surface area (Å²) < 4.78 is 10.7. The minimum absolute atomic E-state index is 0.0252. The molecule has 0 saturated carbocycles. The maximum atomic E-state index is 10.7. The molecular weight excluding hydrogens is 244 g/mol. The lowest BCUT2D eigenvalue weighted by atomic mass is 10.1. The van der Waals surface area contributed by atoms with Crippen LogP contribution >= 0.6 is 11.6 Å². The van der Waals surface area contributed by atoms with Crippen LogP contribution in [0.4, 0.5) is 0 Å². The maximum absolute atomic E-state index is 10.7. The number of carboxylic acid groups (broad SMARTS) is 1. The van der Waals surface area contributed by atoms with Crippen LogP contribution in [0.5, 0.6) is 11.5 Å². The minimum Gasteiger partial charge on any atom is -0.493 e. The summed E-state index contributed by atoms with van der Waals surface area (Å²) in [7, 11) is 1.51. The van der Waals surface area contributed by atoms with E-state index in [9.17, 15) is 4.79 Å². The van der Waals surface area contributed by atoms with Gasteiger partial charge in [-0.25, -0.2) is 0 Å². The van der Waals surface area contributed by atoms with Gasteiger partial charge < -0.3 is 14.6 Å². The monoisotopic (exact) mass is 258 g/mol. The van der Waals surface area contributed by atoms with Crippen molar-refractivity contribution in [2.45, 2.75) is 26.4 Å². The average molecular weight is 259 g/mol. The van der Waals surface area contributed by atoms with Crippen LogP contribution < -0.4 is 9.47 Å². The van der Waals surface area contributed by atoms with E-state index in [0.29, 0.717) is 22.1 Å². The van der Waals surface area contributed by atoms with Crippen LogP contribution in [0.1, 0.15) is 19.4 Å². The molecule has 0 aliphatic rings. The molecule has 94 valence electrons. The summed E-state index contributed by atoms with van der Waals surface area (Å²) in [6.45, 7) is 3.76. The number of hydrogen-bond acceptors (Lipinski definition) is 3. The molecule has 0 aromatic heterocycles. The number of carbonyl (C=O) groups is 1. The Morgan fingerprint density at radius 3 is 2.53 bits per heavy atom. The summed E-state index contributed by atoms with van der Waals surface area (Å²) in [4.78, 5) is 10.7. The SMILES string of the molecule is COc1cc(Cl)c(CC(=O)O)cc1OC(C)C. The predicted molar refractivity (Wildman–Crippen MR) is 65.1 cm³/mol. The standard InChI is InChI=1S/C12H15ClO4/c1-7(2)17-11-4-8(5-12(14)15)9(13)6-10(11)16-3/h4,6-7H,5H2,1-3H3,(H,14,15). The fourth-order valence-electron chi connectivity index (χ4n) is 1.38. The molecule has 17 heavy (non-hydrogen) atoms. The lowest BCUT2D eigenvalue weighted by Crippen LogP contribution is -2.08. The molecule has 0 radical (unpaired) electrons. The second-order valence-electron chi connectivity index (χ2n) is 3.83. The molecule has 0 amide bonds. The van der Waals surface area contributed by atoms with Crippen molar-refractivity contribution in [1.82, 2.24) is 0 Å². The normalized spacial score (nSPS) is 10.4. The Morgan fingerprint density at radius 2 is 2.06 bits per heavy atom. The summed E-state index contributed by atoms with van der Waals surface area (Å²) >= 11 is 5.96. The van der Waals surface area contributed by atoms with Crippen molar-refractivity contribution in [3.63, 3.8) is 0 Å². The van der Waals surface area contributed by atoms with E-state index in [4.69, 9.17) is 26.2 Å². The number of ether oxygens (including phenoxy) is 2. The zero-order chi connectivity index (χ0) is 13.0. The Balaban J connectivity index is 3.12. The molecule has 0 saturated heterocycles. The Kier molecular flexibility index (Phi) is 4.63. The molecular formula is C12H15ClO4. The number of methoxy groups -OCH3 is 1. The van der Waals surface area contributed by atoms with Crippen LogP contribution in [0.15, 0.2) is 12.1 Å². The number of aliphatic carboxylic acids is 1. The molecule has 0 aliphatic carbocycles. The molecule has 4 nitrogen and oxygen atoms in total. The summed E-state index contributed by atoms with van der Waals surface area (Å²) in [5.41, 5.74) is 0.510. The topological polar surface area (TPSA) is 55.8 Å². The van der Waals surface area contributed by atoms with Crippen LogP contribution in [0, 0.1) is 0 Å². The van der Waals surface area contributed by atoms with Gasteiger partial charge in [0.15, 0.2) is 11.5 Å². The Labute approximate surface area is 105 Å². The first-order chi connectivity index (χ1) is 7.93. The van der Waals surface area contributed by atoms with Gasteiger partial charge >= 0.3 is 5.97 Å². The molecule has 1 rings (SSSR count). The van der Waals surface area contributed by atoms with Crippen LogP contribution in [-0.4, -0.2) is 24.3 Å². The highest BCUT2D eigenvalue weighted by Gasteiger charge is 2.13. The number of benzene rings is 1. The van der Waals surface area contributed by atoms with E-state index in [1.165, 1.54) is 7.11 Å². The van der Waals surface area contributed by atoms with Gasteiger partial charge in [0.1, 0.15) is 0 Å². The molecule has 0 bridgehead atoms. The van der Waals surface area contributed by atoms with E-state index >= 15 is 0 Å². The highest BCUT2D eigenvalue weighted by Crippen LogP contribution is 2.34. The van der Waals surface area contributed by atoms with Gasteiger partial charge in [-0.3, -0.25) is 4.79 Å². The zero-order valence-corrected chi connectivity index (χ0v) is 10.7. The second kappa shape index (κ2) is 5.77. The molecule has 5 heteroatoms. The molecule has 0 atom stereocenters. The number of rotatable bonds is 5. The predicted octanol–water partition coefficient (Wildman–Crippen LogP) is 2.76. The average Bonchev–Trinajstić information content (AvgIpc) is 2.21. The summed E-state index contributed by atoms with van der Waals surface area (Å²) in [5.74, 6) is 0.0635. The molecule has 0 spiro atoms. The highest BCUT2D eigenvalue weighted by atomic mass is 35.5. The van der Waals surface area contributed by atoms with E-state index in [1.54, 1.807) is 12.1 Å². The van der Waals surface area contributed by atoms with Crippen LogP contribution in [-0.2, 0) is 11.2 Å². The Bertz CT molecular complexity index is 415. The van der Waals surface area contributed by atoms with E-state index in [0.717, 1.165) is 0 Å². The zero-order valence-electron chi connectivity index (χ0n) is 9.99. The third-order valence-corrected chi connectivity index (χ3v) is 2.39. The Hall–Kier alpha value is -1.42. The van der Waals surface area contributed by atoms with E-state index in [2.05, 4.69) is 0 Å². The van der Waals surface area contributed by atoms with Crippen LogP contribution in [0.3, 0.4) is 0 Å². The molecule has 1 N–H and O–H groups in total. The number of carboxylic acids is 1. The highest BCUT2D eigenvalue weighted by molar-refractivity contribution is 6.31. The molecule has 1 aromatic carbocycles. The third-order valence-electron chi connectivity index (χ3n) is 2.04. The largest absolute Gasteiger partial charge is 0.493 e. The first-order valence-corrected chi connectivity index (χ1v) is 5.56. The second-order valence-corrected chi connectivity index (χ2v) is 4.24. The van der Waals surface area contributed by atoms with Crippen molar-refractivity contribution >= 4 is 17.6 Å². The van der Waals surface area contributed by atoms with Crippen LogP contribution in [0.2, 0.25) is 5.02 Å². The van der Waals surface area contributed by atoms with Crippen molar-refractivity contribution in [2.75, 3.05) is 7.11 Å². The van der Waals surface area contributed by atoms with Gasteiger partial charge in [-0.2, -0.15) is 0 Å².